The number of nitrogens with zero attached hydrogens (tertiary/aromatic N) is 5. The second-order valence-corrected chi connectivity index (χ2v) is 11.3. The molecule has 1 amide bonds. The number of hydrogen-bond donors (Lipinski definition) is 2. The number of fused-ring (bicyclic) bond motifs is 2. The van der Waals surface area contributed by atoms with E-state index < -0.39 is 0 Å². The number of carbonyl (C=O) groups is 1. The van der Waals surface area contributed by atoms with Crippen molar-refractivity contribution < 1.29 is 9.53 Å². The van der Waals surface area contributed by atoms with Gasteiger partial charge in [0.2, 0.25) is 5.91 Å². The Morgan fingerprint density at radius 3 is 2.85 bits per heavy atom. The molecule has 3 aromatic rings. The number of nitriles is 1. The molecule has 4 heterocycles. The number of hydrogen-bond acceptors (Lipinski definition) is 8. The quantitative estimate of drug-likeness (QED) is 0.411. The number of piperazine rings is 1. The highest BCUT2D eigenvalue weighted by Gasteiger charge is 2.34. The van der Waals surface area contributed by atoms with Gasteiger partial charge in [-0.15, -0.1) is 0 Å². The summed E-state index contributed by atoms with van der Waals surface area (Å²) in [7, 11) is 0. The molecule has 0 saturated carbocycles. The molecular weight excluding hydrogens is 538 g/mol. The summed E-state index contributed by atoms with van der Waals surface area (Å²) < 4.78 is 6.19. The fourth-order valence-corrected chi connectivity index (χ4v) is 6.60. The first kappa shape index (κ1) is 27.5. The van der Waals surface area contributed by atoms with Gasteiger partial charge in [-0.1, -0.05) is 48.5 Å². The summed E-state index contributed by atoms with van der Waals surface area (Å²) in [5.74, 6) is 0.654. The molecule has 2 saturated heterocycles. The first-order valence-electron chi connectivity index (χ1n) is 14.3. The van der Waals surface area contributed by atoms with Gasteiger partial charge < -0.3 is 25.2 Å². The average Bonchev–Trinajstić information content (AvgIpc) is 3.53. The highest BCUT2D eigenvalue weighted by atomic mass is 35.5. The van der Waals surface area contributed by atoms with E-state index in [1.54, 1.807) is 4.90 Å². The van der Waals surface area contributed by atoms with E-state index >= 15 is 0 Å². The highest BCUT2D eigenvalue weighted by molar-refractivity contribution is 6.35. The largest absolute Gasteiger partial charge is 0.462 e. The molecule has 3 atom stereocenters. The van der Waals surface area contributed by atoms with E-state index in [2.05, 4.69) is 52.4 Å². The second kappa shape index (κ2) is 12.0. The maximum atomic E-state index is 12.5. The van der Waals surface area contributed by atoms with Crippen LogP contribution in [-0.2, 0) is 17.8 Å². The Morgan fingerprint density at radius 1 is 1.22 bits per heavy atom. The van der Waals surface area contributed by atoms with Gasteiger partial charge in [-0.3, -0.25) is 4.79 Å². The van der Waals surface area contributed by atoms with Crippen LogP contribution in [0.5, 0.6) is 6.01 Å². The first-order valence-corrected chi connectivity index (χ1v) is 14.6. The Kier molecular flexibility index (Phi) is 8.06. The Morgan fingerprint density at radius 2 is 2.07 bits per heavy atom. The minimum atomic E-state index is -0.251. The van der Waals surface area contributed by atoms with Crippen molar-refractivity contribution >= 4 is 34.1 Å². The van der Waals surface area contributed by atoms with Crippen LogP contribution in [0.25, 0.3) is 10.8 Å². The minimum Gasteiger partial charge on any atom is -0.462 e. The first-order chi connectivity index (χ1) is 20.1. The van der Waals surface area contributed by atoms with Crippen LogP contribution in [0.2, 0.25) is 5.02 Å². The molecule has 3 aliphatic heterocycles. The predicted molar refractivity (Wildman–Crippen MR) is 159 cm³/mol. The summed E-state index contributed by atoms with van der Waals surface area (Å²) in [5.41, 5.74) is 3.11. The molecule has 212 valence electrons. The number of aromatic nitrogens is 2. The smallest absolute Gasteiger partial charge is 0.318 e. The molecule has 9 nitrogen and oxygen atoms in total. The van der Waals surface area contributed by atoms with E-state index in [9.17, 15) is 10.1 Å². The van der Waals surface area contributed by atoms with Gasteiger partial charge in [-0.05, 0) is 42.5 Å². The van der Waals surface area contributed by atoms with Crippen molar-refractivity contribution in [3.05, 3.63) is 70.9 Å². The lowest BCUT2D eigenvalue weighted by Gasteiger charge is -2.42. The Balaban J connectivity index is 1.34. The molecule has 2 aromatic carbocycles. The van der Waals surface area contributed by atoms with Gasteiger partial charge >= 0.3 is 6.01 Å². The fraction of sp³-hybridized carbons (Fsp3) is 0.419. The SMILES string of the molecule is C=CC(=O)N1CCN(c2nc(OC[C@@H]3CCCN3)nc3c2CNC(c2cccc4cccc(Cl)c24)C3)C[C@@H]1CC#N. The minimum absolute atomic E-state index is 0.0200. The molecule has 1 aromatic heterocycles. The lowest BCUT2D eigenvalue weighted by atomic mass is 9.91. The summed E-state index contributed by atoms with van der Waals surface area (Å²) in [6.07, 6.45) is 4.42. The number of benzene rings is 2. The number of amides is 1. The third-order valence-corrected chi connectivity index (χ3v) is 8.69. The maximum absolute atomic E-state index is 12.5. The Bertz CT molecular complexity index is 1490. The van der Waals surface area contributed by atoms with Crippen LogP contribution >= 0.6 is 11.6 Å². The van der Waals surface area contributed by atoms with Crippen LogP contribution in [0.3, 0.4) is 0 Å². The van der Waals surface area contributed by atoms with Crippen LogP contribution in [0.4, 0.5) is 5.82 Å². The summed E-state index contributed by atoms with van der Waals surface area (Å²) in [6, 6.07) is 14.9. The van der Waals surface area contributed by atoms with Gasteiger partial charge in [0, 0.05) is 60.7 Å². The lowest BCUT2D eigenvalue weighted by molar-refractivity contribution is -0.128. The predicted octanol–water partition coefficient (Wildman–Crippen LogP) is 3.92. The summed E-state index contributed by atoms with van der Waals surface area (Å²) in [4.78, 5) is 26.2. The maximum Gasteiger partial charge on any atom is 0.318 e. The zero-order valence-electron chi connectivity index (χ0n) is 23.0. The van der Waals surface area contributed by atoms with E-state index in [1.807, 2.05) is 12.1 Å². The summed E-state index contributed by atoms with van der Waals surface area (Å²) >= 11 is 6.68. The van der Waals surface area contributed by atoms with E-state index in [0.717, 1.165) is 57.8 Å². The van der Waals surface area contributed by atoms with Gasteiger partial charge in [-0.25, -0.2) is 0 Å². The van der Waals surface area contributed by atoms with Gasteiger partial charge in [0.05, 0.1) is 24.2 Å². The number of rotatable bonds is 7. The van der Waals surface area contributed by atoms with Crippen LogP contribution in [0.1, 0.15) is 42.1 Å². The highest BCUT2D eigenvalue weighted by Crippen LogP contribution is 2.37. The molecule has 2 fully saturated rings. The van der Waals surface area contributed by atoms with Gasteiger partial charge in [0.15, 0.2) is 0 Å². The van der Waals surface area contributed by atoms with E-state index in [0.29, 0.717) is 51.3 Å². The van der Waals surface area contributed by atoms with E-state index in [1.165, 1.54) is 6.08 Å². The monoisotopic (exact) mass is 571 g/mol. The third kappa shape index (κ3) is 5.60. The standard InChI is InChI=1S/C31H34ClN7O2/c1-2-28(40)39-15-14-38(18-22(39)11-12-33)30-24-17-35-26(23-9-3-6-20-7-4-10-25(32)29(20)23)16-27(24)36-31(37-30)41-19-21-8-5-13-34-21/h2-4,6-7,9-10,21-22,26,34-35H,1,5,8,11,13-19H2/t21-,22-,26?/m0/s1. The zero-order chi connectivity index (χ0) is 28.3. The summed E-state index contributed by atoms with van der Waals surface area (Å²) in [6.45, 7) is 7.31. The lowest BCUT2D eigenvalue weighted by Crippen LogP contribution is -2.55. The summed E-state index contributed by atoms with van der Waals surface area (Å²) in [5, 5.41) is 19.6. The number of halogens is 1. The molecule has 0 radical (unpaired) electrons. The molecule has 0 aliphatic carbocycles. The molecule has 2 N–H and O–H groups in total. The van der Waals surface area contributed by atoms with Crippen molar-refractivity contribution in [3.8, 4) is 12.1 Å². The van der Waals surface area contributed by atoms with Crippen molar-refractivity contribution in [1.29, 1.82) is 5.26 Å². The number of anilines is 1. The van der Waals surface area contributed by atoms with Gasteiger partial charge in [0.1, 0.15) is 12.4 Å². The zero-order valence-corrected chi connectivity index (χ0v) is 23.7. The van der Waals surface area contributed by atoms with Crippen molar-refractivity contribution in [2.24, 2.45) is 0 Å². The van der Waals surface area contributed by atoms with Gasteiger partial charge in [-0.2, -0.15) is 15.2 Å². The topological polar surface area (TPSA) is 106 Å². The molecule has 1 unspecified atom stereocenters. The molecule has 0 bridgehead atoms. The third-order valence-electron chi connectivity index (χ3n) is 8.38. The number of ether oxygens (including phenoxy) is 1. The van der Waals surface area contributed by atoms with Crippen molar-refractivity contribution in [3.63, 3.8) is 0 Å². The normalized spacial score (nSPS) is 22.3. The molecule has 0 spiro atoms. The van der Waals surface area contributed by atoms with Crippen molar-refractivity contribution in [2.75, 3.05) is 37.7 Å². The van der Waals surface area contributed by atoms with Crippen LogP contribution in [0, 0.1) is 11.3 Å². The number of carbonyl (C=O) groups excluding carboxylic acids is 1. The molecule has 6 rings (SSSR count). The van der Waals surface area contributed by atoms with Crippen LogP contribution in [-0.4, -0.2) is 65.6 Å². The van der Waals surface area contributed by atoms with Crippen molar-refractivity contribution in [2.45, 2.75) is 50.4 Å². The average molecular weight is 572 g/mol. The fourth-order valence-electron chi connectivity index (χ4n) is 6.30. The Labute approximate surface area is 245 Å². The second-order valence-electron chi connectivity index (χ2n) is 10.9. The molecular formula is C31H34ClN7O2. The number of nitrogens with one attached hydrogen (secondary N) is 2. The molecule has 41 heavy (non-hydrogen) atoms. The van der Waals surface area contributed by atoms with Crippen molar-refractivity contribution in [1.82, 2.24) is 25.5 Å². The van der Waals surface area contributed by atoms with Crippen LogP contribution < -0.4 is 20.3 Å². The Hall–Kier alpha value is -3.71. The van der Waals surface area contributed by atoms with E-state index in [4.69, 9.17) is 26.3 Å². The van der Waals surface area contributed by atoms with Gasteiger partial charge in [0.25, 0.3) is 0 Å². The van der Waals surface area contributed by atoms with E-state index in [-0.39, 0.29) is 24.4 Å². The van der Waals surface area contributed by atoms with Crippen LogP contribution in [0.15, 0.2) is 49.1 Å². The molecule has 10 heteroatoms. The molecule has 3 aliphatic rings.